The summed E-state index contributed by atoms with van der Waals surface area (Å²) < 4.78 is 0. The van der Waals surface area contributed by atoms with Gasteiger partial charge < -0.3 is 0 Å². The summed E-state index contributed by atoms with van der Waals surface area (Å²) in [5.41, 5.74) is 1.24. The minimum atomic E-state index is 0.956. The fourth-order valence-corrected chi connectivity index (χ4v) is 1.54. The molecule has 5 heteroatoms. The summed E-state index contributed by atoms with van der Waals surface area (Å²) in [6, 6.07) is 0. The number of nitrogens with zero attached hydrogens (tertiary/aromatic N) is 3. The number of nitrogens with two attached hydrogens (primary N) is 1. The molecule has 0 atom stereocenters. The van der Waals surface area contributed by atoms with Crippen LogP contribution in [0.5, 0.6) is 0 Å². The van der Waals surface area contributed by atoms with Crippen LogP contribution in [0.3, 0.4) is 0 Å². The van der Waals surface area contributed by atoms with Crippen molar-refractivity contribution in [1.82, 2.24) is 20.1 Å². The topological polar surface area (TPSA) is 61.2 Å². The average Bonchev–Trinajstić information content (AvgIpc) is 2.62. The Morgan fingerprint density at radius 2 is 2.15 bits per heavy atom. The van der Waals surface area contributed by atoms with Crippen LogP contribution in [0.1, 0.15) is 5.56 Å². The van der Waals surface area contributed by atoms with Gasteiger partial charge in [-0.25, -0.2) is 5.01 Å². The Balaban J connectivity index is 1.83. The molecular weight excluding hydrogens is 166 g/mol. The number of piperazine rings is 1. The fraction of sp³-hybridized carbons (Fsp3) is 0.625. The summed E-state index contributed by atoms with van der Waals surface area (Å²) in [6.07, 6.45) is 3.81. The molecule has 13 heavy (non-hydrogen) atoms. The second-order valence-corrected chi connectivity index (χ2v) is 3.42. The van der Waals surface area contributed by atoms with E-state index in [9.17, 15) is 0 Å². The second kappa shape index (κ2) is 3.87. The van der Waals surface area contributed by atoms with E-state index in [1.165, 1.54) is 5.56 Å². The Labute approximate surface area is 77.5 Å². The van der Waals surface area contributed by atoms with Gasteiger partial charge in [0.1, 0.15) is 0 Å². The molecule has 3 N–H and O–H groups in total. The highest BCUT2D eigenvalue weighted by Crippen LogP contribution is 2.04. The molecule has 1 aliphatic heterocycles. The van der Waals surface area contributed by atoms with E-state index in [-0.39, 0.29) is 0 Å². The van der Waals surface area contributed by atoms with Crippen LogP contribution in [-0.2, 0) is 6.54 Å². The molecule has 72 valence electrons. The molecule has 1 fully saturated rings. The molecule has 0 saturated carbocycles. The van der Waals surface area contributed by atoms with Gasteiger partial charge in [-0.15, -0.1) is 0 Å². The van der Waals surface area contributed by atoms with Crippen LogP contribution in [-0.4, -0.2) is 46.3 Å². The van der Waals surface area contributed by atoms with Gasteiger partial charge in [-0.3, -0.25) is 15.8 Å². The number of hydrogen-bond donors (Lipinski definition) is 2. The first-order valence-electron chi connectivity index (χ1n) is 4.54. The van der Waals surface area contributed by atoms with Crippen molar-refractivity contribution < 1.29 is 0 Å². The van der Waals surface area contributed by atoms with Gasteiger partial charge in [0.05, 0.1) is 6.20 Å². The number of nitrogens with one attached hydrogen (secondary N) is 1. The Morgan fingerprint density at radius 1 is 1.38 bits per heavy atom. The molecule has 0 spiro atoms. The third-order valence-corrected chi connectivity index (χ3v) is 2.37. The highest BCUT2D eigenvalue weighted by molar-refractivity contribution is 5.02. The van der Waals surface area contributed by atoms with Crippen LogP contribution in [0.15, 0.2) is 12.4 Å². The Bertz CT molecular complexity index is 237. The normalized spacial score (nSPS) is 20.7. The van der Waals surface area contributed by atoms with E-state index >= 15 is 0 Å². The molecular formula is C8H15N5. The molecule has 1 aromatic heterocycles. The van der Waals surface area contributed by atoms with Gasteiger partial charge in [0.2, 0.25) is 0 Å². The Hall–Kier alpha value is -0.910. The first-order valence-corrected chi connectivity index (χ1v) is 4.54. The van der Waals surface area contributed by atoms with Gasteiger partial charge in [-0.1, -0.05) is 0 Å². The van der Waals surface area contributed by atoms with Crippen molar-refractivity contribution in [1.29, 1.82) is 0 Å². The van der Waals surface area contributed by atoms with Gasteiger partial charge in [0.15, 0.2) is 0 Å². The summed E-state index contributed by atoms with van der Waals surface area (Å²) in [7, 11) is 0. The minimum absolute atomic E-state index is 0.956. The molecule has 5 nitrogen and oxygen atoms in total. The lowest BCUT2D eigenvalue weighted by Crippen LogP contribution is -2.48. The highest BCUT2D eigenvalue weighted by Gasteiger charge is 2.14. The predicted octanol–water partition coefficient (Wildman–Crippen LogP) is -0.599. The first-order chi connectivity index (χ1) is 6.34. The monoisotopic (exact) mass is 181 g/mol. The van der Waals surface area contributed by atoms with Gasteiger partial charge in [-0.05, 0) is 0 Å². The molecule has 0 aromatic carbocycles. The van der Waals surface area contributed by atoms with Crippen LogP contribution in [0.4, 0.5) is 0 Å². The zero-order chi connectivity index (χ0) is 9.10. The van der Waals surface area contributed by atoms with Crippen molar-refractivity contribution in [2.75, 3.05) is 26.2 Å². The van der Waals surface area contributed by atoms with Gasteiger partial charge in [0.25, 0.3) is 0 Å². The second-order valence-electron chi connectivity index (χ2n) is 3.42. The van der Waals surface area contributed by atoms with Gasteiger partial charge in [-0.2, -0.15) is 5.10 Å². The van der Waals surface area contributed by atoms with Crippen molar-refractivity contribution in [3.63, 3.8) is 0 Å². The maximum Gasteiger partial charge on any atom is 0.0532 e. The fourth-order valence-electron chi connectivity index (χ4n) is 1.54. The lowest BCUT2D eigenvalue weighted by Gasteiger charge is -2.31. The van der Waals surface area contributed by atoms with Crippen molar-refractivity contribution in [2.24, 2.45) is 5.84 Å². The van der Waals surface area contributed by atoms with Crippen molar-refractivity contribution in [2.45, 2.75) is 6.54 Å². The average molecular weight is 181 g/mol. The summed E-state index contributed by atoms with van der Waals surface area (Å²) in [4.78, 5) is 2.38. The van der Waals surface area contributed by atoms with Crippen molar-refractivity contribution >= 4 is 0 Å². The molecule has 0 bridgehead atoms. The van der Waals surface area contributed by atoms with Gasteiger partial charge >= 0.3 is 0 Å². The van der Waals surface area contributed by atoms with E-state index < -0.39 is 0 Å². The zero-order valence-corrected chi connectivity index (χ0v) is 7.61. The summed E-state index contributed by atoms with van der Waals surface area (Å²) in [5.74, 6) is 5.66. The van der Waals surface area contributed by atoms with E-state index in [4.69, 9.17) is 5.84 Å². The molecule has 1 aliphatic rings. The SMILES string of the molecule is NN1CCN(Cc2cn[nH]c2)CC1. The highest BCUT2D eigenvalue weighted by atomic mass is 15.4. The minimum Gasteiger partial charge on any atom is -0.296 e. The zero-order valence-electron chi connectivity index (χ0n) is 7.61. The Morgan fingerprint density at radius 3 is 2.77 bits per heavy atom. The van der Waals surface area contributed by atoms with Crippen LogP contribution in [0, 0.1) is 0 Å². The lowest BCUT2D eigenvalue weighted by molar-refractivity contribution is 0.128. The van der Waals surface area contributed by atoms with Crippen molar-refractivity contribution in [3.8, 4) is 0 Å². The molecule has 1 saturated heterocycles. The quantitative estimate of drug-likeness (QED) is 0.598. The number of H-pyrrole nitrogens is 1. The van der Waals surface area contributed by atoms with E-state index in [0.717, 1.165) is 32.7 Å². The first kappa shape index (κ1) is 8.68. The van der Waals surface area contributed by atoms with Gasteiger partial charge in [0, 0.05) is 44.5 Å². The van der Waals surface area contributed by atoms with Crippen LogP contribution < -0.4 is 5.84 Å². The van der Waals surface area contributed by atoms with E-state index in [2.05, 4.69) is 15.1 Å². The van der Waals surface area contributed by atoms with Crippen LogP contribution in [0.25, 0.3) is 0 Å². The van der Waals surface area contributed by atoms with E-state index in [1.807, 2.05) is 17.4 Å². The summed E-state index contributed by atoms with van der Waals surface area (Å²) in [5, 5.41) is 8.60. The lowest BCUT2D eigenvalue weighted by atomic mass is 10.3. The summed E-state index contributed by atoms with van der Waals surface area (Å²) >= 11 is 0. The Kier molecular flexibility index (Phi) is 2.58. The van der Waals surface area contributed by atoms with Crippen molar-refractivity contribution in [3.05, 3.63) is 18.0 Å². The molecule has 0 amide bonds. The largest absolute Gasteiger partial charge is 0.296 e. The number of hydrazine groups is 1. The predicted molar refractivity (Wildman–Crippen MR) is 49.6 cm³/mol. The van der Waals surface area contributed by atoms with Crippen LogP contribution >= 0.6 is 0 Å². The number of hydrogen-bond acceptors (Lipinski definition) is 4. The standard InChI is InChI=1S/C8H15N5/c9-13-3-1-12(2-4-13)7-8-5-10-11-6-8/h5-6H,1-4,7,9H2,(H,10,11). The maximum absolute atomic E-state index is 5.66. The number of aromatic amines is 1. The third-order valence-electron chi connectivity index (χ3n) is 2.37. The smallest absolute Gasteiger partial charge is 0.0532 e. The molecule has 0 radical (unpaired) electrons. The van der Waals surface area contributed by atoms with Crippen LogP contribution in [0.2, 0.25) is 0 Å². The summed E-state index contributed by atoms with van der Waals surface area (Å²) in [6.45, 7) is 4.98. The molecule has 1 aromatic rings. The molecule has 2 rings (SSSR count). The molecule has 2 heterocycles. The number of aromatic nitrogens is 2. The van der Waals surface area contributed by atoms with E-state index in [1.54, 1.807) is 0 Å². The third kappa shape index (κ3) is 2.27. The number of rotatable bonds is 2. The molecule has 0 aliphatic carbocycles. The maximum atomic E-state index is 5.66. The molecule has 0 unspecified atom stereocenters. The van der Waals surface area contributed by atoms with E-state index in [0.29, 0.717) is 0 Å².